The minimum atomic E-state index is -0.635. The highest BCUT2D eigenvalue weighted by atomic mass is 16.4. The molecule has 0 aliphatic rings. The maximum absolute atomic E-state index is 12.5. The van der Waals surface area contributed by atoms with E-state index in [4.69, 9.17) is 10.2 Å². The van der Waals surface area contributed by atoms with Crippen LogP contribution in [0.3, 0.4) is 0 Å². The molecule has 1 atom stereocenters. The lowest BCUT2D eigenvalue weighted by atomic mass is 10.1. The topological polar surface area (TPSA) is 114 Å². The average molecular weight is 345 g/mol. The minimum absolute atomic E-state index is 0.270. The fraction of sp³-hybridized carbons (Fsp3) is 0.389. The van der Waals surface area contributed by atoms with Gasteiger partial charge >= 0.3 is 5.63 Å². The summed E-state index contributed by atoms with van der Waals surface area (Å²) < 4.78 is 5.18. The van der Waals surface area contributed by atoms with Crippen LogP contribution < -0.4 is 22.0 Å². The third-order valence-corrected chi connectivity index (χ3v) is 3.86. The molecule has 4 N–H and O–H groups in total. The van der Waals surface area contributed by atoms with Crippen LogP contribution in [0.4, 0.5) is 5.69 Å². The molecule has 0 bridgehead atoms. The Morgan fingerprint density at radius 2 is 2.00 bits per heavy atom. The lowest BCUT2D eigenvalue weighted by Gasteiger charge is -2.17. The summed E-state index contributed by atoms with van der Waals surface area (Å²) in [5, 5.41) is 6.21. The Labute approximate surface area is 145 Å². The van der Waals surface area contributed by atoms with Gasteiger partial charge in [-0.25, -0.2) is 4.79 Å². The summed E-state index contributed by atoms with van der Waals surface area (Å²) in [6, 6.07) is 5.91. The van der Waals surface area contributed by atoms with Crippen molar-refractivity contribution in [1.82, 2.24) is 5.32 Å². The third-order valence-electron chi connectivity index (χ3n) is 3.86. The van der Waals surface area contributed by atoms with E-state index in [0.29, 0.717) is 24.2 Å². The van der Waals surface area contributed by atoms with Crippen LogP contribution in [-0.2, 0) is 9.59 Å². The number of anilines is 1. The van der Waals surface area contributed by atoms with E-state index >= 15 is 0 Å². The van der Waals surface area contributed by atoms with Crippen molar-refractivity contribution in [2.75, 3.05) is 11.9 Å². The quantitative estimate of drug-likeness (QED) is 0.522. The molecule has 2 amide bonds. The van der Waals surface area contributed by atoms with Gasteiger partial charge in [-0.05, 0) is 50.4 Å². The van der Waals surface area contributed by atoms with Crippen molar-refractivity contribution in [2.45, 2.75) is 39.2 Å². The van der Waals surface area contributed by atoms with Crippen LogP contribution in [0, 0.1) is 6.92 Å². The van der Waals surface area contributed by atoms with Crippen LogP contribution in [0.25, 0.3) is 11.0 Å². The number of carbonyl (C=O) groups excluding carboxylic acids is 2. The van der Waals surface area contributed by atoms with Crippen molar-refractivity contribution in [1.29, 1.82) is 0 Å². The zero-order valence-electron chi connectivity index (χ0n) is 14.4. The monoisotopic (exact) mass is 345 g/mol. The van der Waals surface area contributed by atoms with Gasteiger partial charge in [0.1, 0.15) is 11.6 Å². The first kappa shape index (κ1) is 18.7. The number of nitrogens with two attached hydrogens (primary N) is 1. The highest BCUT2D eigenvalue weighted by Crippen LogP contribution is 2.21. The van der Waals surface area contributed by atoms with Crippen molar-refractivity contribution in [3.8, 4) is 0 Å². The van der Waals surface area contributed by atoms with E-state index < -0.39 is 11.7 Å². The second-order valence-corrected chi connectivity index (χ2v) is 5.99. The van der Waals surface area contributed by atoms with E-state index in [9.17, 15) is 14.4 Å². The molecule has 1 heterocycles. The van der Waals surface area contributed by atoms with Crippen LogP contribution in [0.15, 0.2) is 33.5 Å². The van der Waals surface area contributed by atoms with Crippen LogP contribution >= 0.6 is 0 Å². The first-order valence-electron chi connectivity index (χ1n) is 8.23. The molecule has 7 nitrogen and oxygen atoms in total. The average Bonchev–Trinajstić information content (AvgIpc) is 2.53. The van der Waals surface area contributed by atoms with Gasteiger partial charge in [-0.3, -0.25) is 9.59 Å². The van der Waals surface area contributed by atoms with Crippen LogP contribution in [0.1, 0.15) is 31.7 Å². The summed E-state index contributed by atoms with van der Waals surface area (Å²) in [7, 11) is 0. The standard InChI is InChI=1S/C18H23N3O4/c1-11-9-17(23)25-16-10-13(6-7-14(11)16)21-18(24)15(20-12(2)22)5-3-4-8-19/h6-7,9-10,15H,3-5,8,19H2,1-2H3,(H,20,22)(H,21,24)/t15-/m1/s1. The van der Waals surface area contributed by atoms with E-state index in [2.05, 4.69) is 10.6 Å². The molecule has 0 saturated heterocycles. The number of unbranched alkanes of at least 4 members (excludes halogenated alkanes) is 1. The molecule has 0 spiro atoms. The summed E-state index contributed by atoms with van der Waals surface area (Å²) in [5.41, 5.74) is 6.74. The number of fused-ring (bicyclic) bond motifs is 1. The molecule has 0 saturated carbocycles. The third kappa shape index (κ3) is 5.15. The molecule has 2 rings (SSSR count). The number of hydrogen-bond acceptors (Lipinski definition) is 5. The Balaban J connectivity index is 2.17. The molecule has 2 aromatic rings. The first-order chi connectivity index (χ1) is 11.9. The lowest BCUT2D eigenvalue weighted by Crippen LogP contribution is -2.42. The lowest BCUT2D eigenvalue weighted by molar-refractivity contribution is -0.125. The molecular formula is C18H23N3O4. The first-order valence-corrected chi connectivity index (χ1v) is 8.23. The number of amides is 2. The summed E-state index contributed by atoms with van der Waals surface area (Å²) in [5.74, 6) is -0.588. The van der Waals surface area contributed by atoms with Gasteiger partial charge in [-0.15, -0.1) is 0 Å². The number of hydrogen-bond donors (Lipinski definition) is 3. The molecule has 0 aliphatic heterocycles. The van der Waals surface area contributed by atoms with E-state index in [1.807, 2.05) is 6.92 Å². The van der Waals surface area contributed by atoms with Crippen molar-refractivity contribution < 1.29 is 14.0 Å². The van der Waals surface area contributed by atoms with Crippen molar-refractivity contribution in [3.63, 3.8) is 0 Å². The highest BCUT2D eigenvalue weighted by molar-refractivity contribution is 5.98. The Bertz CT molecular complexity index is 829. The molecular weight excluding hydrogens is 322 g/mol. The zero-order valence-corrected chi connectivity index (χ0v) is 14.4. The maximum atomic E-state index is 12.5. The predicted molar refractivity (Wildman–Crippen MR) is 96.4 cm³/mol. The molecule has 0 radical (unpaired) electrons. The molecule has 0 aliphatic carbocycles. The molecule has 1 aromatic carbocycles. The second kappa shape index (κ2) is 8.43. The molecule has 0 fully saturated rings. The number of carbonyl (C=O) groups is 2. The summed E-state index contributed by atoms with van der Waals surface area (Å²) in [6.07, 6.45) is 2.02. The van der Waals surface area contributed by atoms with Crippen molar-refractivity contribution >= 4 is 28.5 Å². The van der Waals surface area contributed by atoms with E-state index in [-0.39, 0.29) is 11.8 Å². The van der Waals surface area contributed by atoms with Gasteiger partial charge in [0.25, 0.3) is 0 Å². The predicted octanol–water partition coefficient (Wildman–Crippen LogP) is 1.67. The van der Waals surface area contributed by atoms with Gasteiger partial charge in [-0.2, -0.15) is 0 Å². The van der Waals surface area contributed by atoms with E-state index in [1.54, 1.807) is 18.2 Å². The highest BCUT2D eigenvalue weighted by Gasteiger charge is 2.19. The Kier molecular flexibility index (Phi) is 6.30. The van der Waals surface area contributed by atoms with Gasteiger partial charge < -0.3 is 20.8 Å². The SMILES string of the molecule is CC(=O)N[C@H](CCCCN)C(=O)Nc1ccc2c(C)cc(=O)oc2c1. The minimum Gasteiger partial charge on any atom is -0.423 e. The smallest absolute Gasteiger partial charge is 0.336 e. The number of rotatable bonds is 7. The zero-order chi connectivity index (χ0) is 18.4. The fourth-order valence-electron chi connectivity index (χ4n) is 2.64. The molecule has 134 valence electrons. The van der Waals surface area contributed by atoms with E-state index in [1.165, 1.54) is 13.0 Å². The summed E-state index contributed by atoms with van der Waals surface area (Å²) >= 11 is 0. The number of benzene rings is 1. The Hall–Kier alpha value is -2.67. The maximum Gasteiger partial charge on any atom is 0.336 e. The van der Waals surface area contributed by atoms with Gasteiger partial charge in [0.2, 0.25) is 11.8 Å². The molecule has 0 unspecified atom stereocenters. The van der Waals surface area contributed by atoms with Crippen molar-refractivity contribution in [3.05, 3.63) is 40.2 Å². The van der Waals surface area contributed by atoms with Gasteiger partial charge in [0.15, 0.2) is 0 Å². The number of nitrogens with one attached hydrogen (secondary N) is 2. The molecule has 25 heavy (non-hydrogen) atoms. The fourth-order valence-corrected chi connectivity index (χ4v) is 2.64. The summed E-state index contributed by atoms with van der Waals surface area (Å²) in [6.45, 7) is 3.73. The normalized spacial score (nSPS) is 12.0. The molecule has 1 aromatic heterocycles. The van der Waals surface area contributed by atoms with Crippen LogP contribution in [0.5, 0.6) is 0 Å². The van der Waals surface area contributed by atoms with Crippen LogP contribution in [0.2, 0.25) is 0 Å². The van der Waals surface area contributed by atoms with Crippen molar-refractivity contribution in [2.24, 2.45) is 5.73 Å². The van der Waals surface area contributed by atoms with Gasteiger partial charge in [-0.1, -0.05) is 0 Å². The molecule has 7 heteroatoms. The van der Waals surface area contributed by atoms with Crippen LogP contribution in [-0.4, -0.2) is 24.4 Å². The van der Waals surface area contributed by atoms with E-state index in [0.717, 1.165) is 23.8 Å². The summed E-state index contributed by atoms with van der Waals surface area (Å²) in [4.78, 5) is 35.3. The Morgan fingerprint density at radius 3 is 2.68 bits per heavy atom. The van der Waals surface area contributed by atoms with Gasteiger partial charge in [0, 0.05) is 30.1 Å². The Morgan fingerprint density at radius 1 is 1.24 bits per heavy atom. The number of aryl methyl sites for hydroxylation is 1. The van der Waals surface area contributed by atoms with Gasteiger partial charge in [0.05, 0.1) is 0 Å². The largest absolute Gasteiger partial charge is 0.423 e. The second-order valence-electron chi connectivity index (χ2n) is 5.99.